The maximum Gasteiger partial charge on any atom is 0.270 e. The lowest BCUT2D eigenvalue weighted by Gasteiger charge is -2.11. The monoisotopic (exact) mass is 326 g/mol. The molecule has 6 nitrogen and oxygen atoms in total. The van der Waals surface area contributed by atoms with Crippen molar-refractivity contribution in [3.8, 4) is 0 Å². The van der Waals surface area contributed by atoms with Crippen molar-refractivity contribution in [3.63, 3.8) is 0 Å². The third-order valence-electron chi connectivity index (χ3n) is 2.74. The van der Waals surface area contributed by atoms with Crippen molar-refractivity contribution in [1.29, 1.82) is 0 Å². The Balaban J connectivity index is 2.02. The van der Waals surface area contributed by atoms with E-state index in [2.05, 4.69) is 5.32 Å². The van der Waals surface area contributed by atoms with E-state index in [9.17, 15) is 20.0 Å². The van der Waals surface area contributed by atoms with Gasteiger partial charge in [0.15, 0.2) is 0 Å². The molecule has 0 radical (unpaired) electrons. The third kappa shape index (κ3) is 3.78. The molecule has 1 atom stereocenters. The predicted molar refractivity (Wildman–Crippen MR) is 79.7 cm³/mol. The van der Waals surface area contributed by atoms with E-state index in [1.807, 2.05) is 5.38 Å². The Bertz CT molecular complexity index is 660. The minimum absolute atomic E-state index is 0.00712. The summed E-state index contributed by atoms with van der Waals surface area (Å²) in [5.41, 5.74) is -0.0594. The average molecular weight is 327 g/mol. The molecule has 0 aliphatic rings. The highest BCUT2D eigenvalue weighted by molar-refractivity contribution is 7.10. The lowest BCUT2D eigenvalue weighted by molar-refractivity contribution is -0.384. The minimum Gasteiger partial charge on any atom is -0.386 e. The molecule has 0 spiro atoms. The number of hydrogen-bond donors (Lipinski definition) is 2. The highest BCUT2D eigenvalue weighted by Gasteiger charge is 2.16. The van der Waals surface area contributed by atoms with Gasteiger partial charge >= 0.3 is 0 Å². The van der Waals surface area contributed by atoms with Gasteiger partial charge in [-0.3, -0.25) is 14.9 Å². The van der Waals surface area contributed by atoms with Gasteiger partial charge in [0, 0.05) is 23.6 Å². The lowest BCUT2D eigenvalue weighted by Crippen LogP contribution is -2.28. The first-order chi connectivity index (χ1) is 9.99. The normalized spacial score (nSPS) is 11.9. The van der Waals surface area contributed by atoms with Gasteiger partial charge in [0.05, 0.1) is 15.5 Å². The van der Waals surface area contributed by atoms with Crippen LogP contribution in [0.1, 0.15) is 21.3 Å². The van der Waals surface area contributed by atoms with Gasteiger partial charge in [-0.2, -0.15) is 0 Å². The van der Waals surface area contributed by atoms with E-state index in [0.29, 0.717) is 0 Å². The Morgan fingerprint density at radius 1 is 1.48 bits per heavy atom. The van der Waals surface area contributed by atoms with Crippen molar-refractivity contribution in [2.24, 2.45) is 0 Å². The summed E-state index contributed by atoms with van der Waals surface area (Å²) in [6.45, 7) is 0.0344. The van der Waals surface area contributed by atoms with E-state index >= 15 is 0 Å². The Morgan fingerprint density at radius 2 is 2.24 bits per heavy atom. The van der Waals surface area contributed by atoms with E-state index in [4.69, 9.17) is 11.6 Å². The second-order valence-electron chi connectivity index (χ2n) is 4.16. The molecule has 110 valence electrons. The number of carbonyl (C=O) groups excluding carboxylic acids is 1. The molecular weight excluding hydrogens is 316 g/mol. The van der Waals surface area contributed by atoms with Crippen LogP contribution >= 0.6 is 22.9 Å². The van der Waals surface area contributed by atoms with Crippen molar-refractivity contribution in [2.45, 2.75) is 6.10 Å². The molecule has 8 heteroatoms. The molecule has 2 aromatic rings. The van der Waals surface area contributed by atoms with Crippen molar-refractivity contribution >= 4 is 34.5 Å². The minimum atomic E-state index is -0.800. The number of carbonyl (C=O) groups is 1. The van der Waals surface area contributed by atoms with Crippen LogP contribution < -0.4 is 5.32 Å². The fourth-order valence-electron chi connectivity index (χ4n) is 1.67. The van der Waals surface area contributed by atoms with E-state index in [-0.39, 0.29) is 22.8 Å². The van der Waals surface area contributed by atoms with Crippen LogP contribution in [0.2, 0.25) is 5.02 Å². The topological polar surface area (TPSA) is 92.5 Å². The maximum atomic E-state index is 11.9. The van der Waals surface area contributed by atoms with Gasteiger partial charge in [0.1, 0.15) is 6.10 Å². The number of amides is 1. The zero-order valence-corrected chi connectivity index (χ0v) is 12.2. The number of nitro groups is 1. The summed E-state index contributed by atoms with van der Waals surface area (Å²) >= 11 is 7.24. The highest BCUT2D eigenvalue weighted by atomic mass is 35.5. The summed E-state index contributed by atoms with van der Waals surface area (Å²) in [7, 11) is 0. The number of nitrogens with zero attached hydrogens (tertiary/aromatic N) is 1. The van der Waals surface area contributed by atoms with E-state index < -0.39 is 16.9 Å². The molecule has 0 saturated carbocycles. The molecule has 2 N–H and O–H groups in total. The summed E-state index contributed by atoms with van der Waals surface area (Å²) < 4.78 is 0. The predicted octanol–water partition coefficient (Wildman–Crippen LogP) is 2.77. The van der Waals surface area contributed by atoms with Crippen molar-refractivity contribution in [1.82, 2.24) is 5.32 Å². The Hall–Kier alpha value is -1.96. The van der Waals surface area contributed by atoms with E-state index in [1.54, 1.807) is 12.1 Å². The molecule has 0 saturated heterocycles. The molecule has 0 aliphatic carbocycles. The van der Waals surface area contributed by atoms with Gasteiger partial charge in [-0.25, -0.2) is 0 Å². The van der Waals surface area contributed by atoms with Gasteiger partial charge in [-0.05, 0) is 17.5 Å². The molecule has 1 aromatic heterocycles. The maximum absolute atomic E-state index is 11.9. The van der Waals surface area contributed by atoms with Gasteiger partial charge in [-0.1, -0.05) is 17.7 Å². The molecule has 0 aliphatic heterocycles. The number of non-ortho nitro benzene ring substituents is 1. The highest BCUT2D eigenvalue weighted by Crippen LogP contribution is 2.23. The van der Waals surface area contributed by atoms with Gasteiger partial charge in [-0.15, -0.1) is 11.3 Å². The van der Waals surface area contributed by atoms with Crippen molar-refractivity contribution < 1.29 is 14.8 Å². The first kappa shape index (κ1) is 15.4. The molecule has 1 heterocycles. The number of benzene rings is 1. The molecule has 1 aromatic carbocycles. The average Bonchev–Trinajstić information content (AvgIpc) is 2.98. The quantitative estimate of drug-likeness (QED) is 0.652. The van der Waals surface area contributed by atoms with Crippen LogP contribution in [-0.2, 0) is 0 Å². The Labute approximate surface area is 129 Å². The smallest absolute Gasteiger partial charge is 0.270 e. The molecule has 0 bridgehead atoms. The number of aliphatic hydroxyl groups excluding tert-OH is 1. The SMILES string of the molecule is O=C(NCC(O)c1cccs1)c1ccc([N+](=O)[O-])cc1Cl. The van der Waals surface area contributed by atoms with Crippen LogP contribution in [0.5, 0.6) is 0 Å². The molecule has 2 rings (SSSR count). The van der Waals surface area contributed by atoms with Crippen LogP contribution in [0.3, 0.4) is 0 Å². The number of nitrogens with one attached hydrogen (secondary N) is 1. The standard InChI is InChI=1S/C13H11ClN2O4S/c14-10-6-8(16(19)20)3-4-9(10)13(18)15-7-11(17)12-2-1-5-21-12/h1-6,11,17H,7H2,(H,15,18). The van der Waals surface area contributed by atoms with Gasteiger partial charge in [0.2, 0.25) is 0 Å². The molecule has 21 heavy (non-hydrogen) atoms. The largest absolute Gasteiger partial charge is 0.386 e. The third-order valence-corrected chi connectivity index (χ3v) is 4.02. The van der Waals surface area contributed by atoms with Crippen LogP contribution in [0, 0.1) is 10.1 Å². The molecule has 1 unspecified atom stereocenters. The Kier molecular flexibility index (Phi) is 4.89. The number of rotatable bonds is 5. The zero-order valence-electron chi connectivity index (χ0n) is 10.7. The zero-order chi connectivity index (χ0) is 15.4. The summed E-state index contributed by atoms with van der Waals surface area (Å²) in [5, 5.41) is 24.8. The molecular formula is C13H11ClN2O4S. The number of nitro benzene ring substituents is 1. The van der Waals surface area contributed by atoms with Crippen LogP contribution in [0.25, 0.3) is 0 Å². The summed E-state index contributed by atoms with van der Waals surface area (Å²) in [5.74, 6) is -0.495. The van der Waals surface area contributed by atoms with Crippen molar-refractivity contribution in [2.75, 3.05) is 6.54 Å². The number of aliphatic hydroxyl groups is 1. The molecule has 0 fully saturated rings. The summed E-state index contributed by atoms with van der Waals surface area (Å²) in [6, 6.07) is 7.18. The fourth-order valence-corrected chi connectivity index (χ4v) is 2.64. The van der Waals surface area contributed by atoms with Crippen molar-refractivity contribution in [3.05, 3.63) is 61.3 Å². The number of halogens is 1. The van der Waals surface area contributed by atoms with Gasteiger partial charge in [0.25, 0.3) is 11.6 Å². The second kappa shape index (κ2) is 6.66. The van der Waals surface area contributed by atoms with E-state index in [1.165, 1.54) is 23.5 Å². The van der Waals surface area contributed by atoms with Gasteiger partial charge < -0.3 is 10.4 Å². The first-order valence-corrected chi connectivity index (χ1v) is 7.18. The first-order valence-electron chi connectivity index (χ1n) is 5.92. The van der Waals surface area contributed by atoms with Crippen LogP contribution in [0.4, 0.5) is 5.69 Å². The second-order valence-corrected chi connectivity index (χ2v) is 5.55. The van der Waals surface area contributed by atoms with E-state index in [0.717, 1.165) is 10.9 Å². The summed E-state index contributed by atoms with van der Waals surface area (Å²) in [4.78, 5) is 22.7. The Morgan fingerprint density at radius 3 is 2.81 bits per heavy atom. The number of thiophene rings is 1. The lowest BCUT2D eigenvalue weighted by atomic mass is 10.2. The number of hydrogen-bond acceptors (Lipinski definition) is 5. The summed E-state index contributed by atoms with van der Waals surface area (Å²) in [6.07, 6.45) is -0.800. The fraction of sp³-hybridized carbons (Fsp3) is 0.154. The van der Waals surface area contributed by atoms with Crippen LogP contribution in [-0.4, -0.2) is 22.5 Å². The van der Waals surface area contributed by atoms with Crippen LogP contribution in [0.15, 0.2) is 35.7 Å². The molecule has 1 amide bonds.